The van der Waals surface area contributed by atoms with Gasteiger partial charge in [0.15, 0.2) is 4.58 Å². The fourth-order valence-corrected chi connectivity index (χ4v) is 2.07. The van der Waals surface area contributed by atoms with E-state index < -0.39 is 9.50 Å². The quantitative estimate of drug-likeness (QED) is 0.465. The fourth-order valence-electron chi connectivity index (χ4n) is 1.50. The van der Waals surface area contributed by atoms with Gasteiger partial charge in [-0.15, -0.1) is 0 Å². The largest absolute Gasteiger partial charge is 0.273 e. The van der Waals surface area contributed by atoms with E-state index in [1.54, 1.807) is 18.2 Å². The van der Waals surface area contributed by atoms with Gasteiger partial charge in [0, 0.05) is 24.0 Å². The summed E-state index contributed by atoms with van der Waals surface area (Å²) >= 11 is 2.88. The Labute approximate surface area is 88.2 Å². The summed E-state index contributed by atoms with van der Waals surface area (Å²) in [6.07, 6.45) is 0.303. The molecular weight excluding hydrogens is 253 g/mol. The van der Waals surface area contributed by atoms with Gasteiger partial charge in [0.2, 0.25) is 0 Å². The van der Waals surface area contributed by atoms with Gasteiger partial charge in [-0.1, -0.05) is 18.2 Å². The van der Waals surface area contributed by atoms with E-state index in [1.807, 2.05) is 0 Å². The van der Waals surface area contributed by atoms with Gasteiger partial charge in [0.25, 0.3) is 5.69 Å². The van der Waals surface area contributed by atoms with Crippen molar-refractivity contribution in [3.8, 4) is 0 Å². The molecule has 0 radical (unpaired) electrons. The highest BCUT2D eigenvalue weighted by atomic mass is 79.9. The molecule has 0 spiro atoms. The molecule has 0 aliphatic heterocycles. The van der Waals surface area contributed by atoms with Crippen LogP contribution in [0.15, 0.2) is 24.3 Å². The Morgan fingerprint density at radius 3 is 2.64 bits per heavy atom. The van der Waals surface area contributed by atoms with Crippen LogP contribution in [0.25, 0.3) is 0 Å². The Hall–Kier alpha value is -0.970. The van der Waals surface area contributed by atoms with Crippen LogP contribution in [-0.2, 0) is 0 Å². The first-order chi connectivity index (χ1) is 6.52. The molecule has 1 fully saturated rings. The number of benzene rings is 1. The Morgan fingerprint density at radius 2 is 2.14 bits per heavy atom. The SMILES string of the molecule is O=[N+]([O-])c1ccccc1C1CC1(F)Br. The van der Waals surface area contributed by atoms with E-state index in [2.05, 4.69) is 15.9 Å². The predicted octanol–water partition coefficient (Wildman–Crippen LogP) is 3.14. The summed E-state index contributed by atoms with van der Waals surface area (Å²) < 4.78 is 11.8. The van der Waals surface area contributed by atoms with Gasteiger partial charge >= 0.3 is 0 Å². The predicted molar refractivity (Wildman–Crippen MR) is 53.2 cm³/mol. The topological polar surface area (TPSA) is 43.1 Å². The first-order valence-corrected chi connectivity index (χ1v) is 4.93. The Balaban J connectivity index is 2.39. The molecule has 2 rings (SSSR count). The van der Waals surface area contributed by atoms with E-state index in [0.29, 0.717) is 12.0 Å². The number of nitro groups is 1. The molecule has 14 heavy (non-hydrogen) atoms. The van der Waals surface area contributed by atoms with Crippen molar-refractivity contribution in [2.45, 2.75) is 16.9 Å². The normalized spacial score (nSPS) is 30.0. The standard InChI is InChI=1S/C9H7BrFNO2/c10-9(11)5-7(9)6-3-1-2-4-8(6)12(13)14/h1-4,7H,5H2. The molecule has 0 N–H and O–H groups in total. The summed E-state index contributed by atoms with van der Waals surface area (Å²) in [5.41, 5.74) is 0.466. The van der Waals surface area contributed by atoms with Crippen LogP contribution in [0, 0.1) is 10.1 Å². The van der Waals surface area contributed by atoms with Crippen LogP contribution in [0.2, 0.25) is 0 Å². The molecule has 1 saturated carbocycles. The van der Waals surface area contributed by atoms with E-state index in [9.17, 15) is 14.5 Å². The molecule has 2 unspecified atom stereocenters. The van der Waals surface area contributed by atoms with Crippen LogP contribution in [0.3, 0.4) is 0 Å². The molecule has 2 atom stereocenters. The second-order valence-corrected chi connectivity index (χ2v) is 4.65. The van der Waals surface area contributed by atoms with Crippen LogP contribution < -0.4 is 0 Å². The minimum Gasteiger partial charge on any atom is -0.258 e. The third-order valence-corrected chi connectivity index (χ3v) is 3.21. The van der Waals surface area contributed by atoms with Gasteiger partial charge in [-0.2, -0.15) is 0 Å². The molecule has 0 amide bonds. The van der Waals surface area contributed by atoms with Gasteiger partial charge in [0.1, 0.15) is 0 Å². The minimum atomic E-state index is -1.45. The van der Waals surface area contributed by atoms with Crippen LogP contribution >= 0.6 is 15.9 Å². The monoisotopic (exact) mass is 259 g/mol. The Bertz CT molecular complexity index is 394. The lowest BCUT2D eigenvalue weighted by atomic mass is 10.1. The molecule has 0 heterocycles. The Morgan fingerprint density at radius 1 is 1.57 bits per heavy atom. The molecule has 0 aromatic heterocycles. The molecule has 1 aromatic carbocycles. The number of rotatable bonds is 2. The molecule has 1 aromatic rings. The average molecular weight is 260 g/mol. The van der Waals surface area contributed by atoms with Crippen LogP contribution in [0.5, 0.6) is 0 Å². The lowest BCUT2D eigenvalue weighted by Gasteiger charge is -2.01. The summed E-state index contributed by atoms with van der Waals surface area (Å²) in [5.74, 6) is -0.385. The maximum atomic E-state index is 13.3. The summed E-state index contributed by atoms with van der Waals surface area (Å²) in [4.78, 5) is 10.2. The molecule has 0 saturated heterocycles. The zero-order chi connectivity index (χ0) is 10.3. The summed E-state index contributed by atoms with van der Waals surface area (Å²) in [5, 5.41) is 10.6. The fraction of sp³-hybridized carbons (Fsp3) is 0.333. The van der Waals surface area contributed by atoms with Crippen molar-refractivity contribution in [3.05, 3.63) is 39.9 Å². The van der Waals surface area contributed by atoms with Crippen molar-refractivity contribution in [1.29, 1.82) is 0 Å². The van der Waals surface area contributed by atoms with Crippen molar-refractivity contribution in [3.63, 3.8) is 0 Å². The summed E-state index contributed by atoms with van der Waals surface area (Å²) in [6, 6.07) is 6.27. The van der Waals surface area contributed by atoms with Crippen molar-refractivity contribution >= 4 is 21.6 Å². The maximum Gasteiger partial charge on any atom is 0.273 e. The molecule has 3 nitrogen and oxygen atoms in total. The molecule has 1 aliphatic carbocycles. The van der Waals surface area contributed by atoms with Crippen molar-refractivity contribution in [1.82, 2.24) is 0 Å². The highest BCUT2D eigenvalue weighted by Crippen LogP contribution is 2.60. The minimum absolute atomic E-state index is 0.00326. The molecular formula is C9H7BrFNO2. The Kier molecular flexibility index (Phi) is 2.06. The molecule has 1 aliphatic rings. The second kappa shape index (κ2) is 3.02. The van der Waals surface area contributed by atoms with Crippen LogP contribution in [0.4, 0.5) is 10.1 Å². The van der Waals surface area contributed by atoms with E-state index in [-0.39, 0.29) is 11.6 Å². The van der Waals surface area contributed by atoms with Crippen molar-refractivity contribution < 1.29 is 9.31 Å². The third-order valence-electron chi connectivity index (χ3n) is 2.33. The van der Waals surface area contributed by atoms with Gasteiger partial charge < -0.3 is 0 Å². The van der Waals surface area contributed by atoms with E-state index in [4.69, 9.17) is 0 Å². The summed E-state index contributed by atoms with van der Waals surface area (Å²) in [7, 11) is 0. The zero-order valence-corrected chi connectivity index (χ0v) is 8.70. The van der Waals surface area contributed by atoms with Crippen LogP contribution in [-0.4, -0.2) is 9.50 Å². The van der Waals surface area contributed by atoms with Crippen molar-refractivity contribution in [2.24, 2.45) is 0 Å². The van der Waals surface area contributed by atoms with Crippen LogP contribution in [0.1, 0.15) is 17.9 Å². The number of halogens is 2. The van der Waals surface area contributed by atoms with Gasteiger partial charge in [-0.25, -0.2) is 4.39 Å². The average Bonchev–Trinajstić information content (AvgIpc) is 2.75. The highest BCUT2D eigenvalue weighted by molar-refractivity contribution is 9.10. The number of nitro benzene ring substituents is 1. The van der Waals surface area contributed by atoms with Gasteiger partial charge in [-0.05, 0) is 15.9 Å². The lowest BCUT2D eigenvalue weighted by molar-refractivity contribution is -0.385. The molecule has 0 bridgehead atoms. The third kappa shape index (κ3) is 1.52. The smallest absolute Gasteiger partial charge is 0.258 e. The highest BCUT2D eigenvalue weighted by Gasteiger charge is 2.56. The van der Waals surface area contributed by atoms with Gasteiger partial charge in [0.05, 0.1) is 4.92 Å². The number of para-hydroxylation sites is 1. The van der Waals surface area contributed by atoms with E-state index in [0.717, 1.165) is 0 Å². The molecule has 74 valence electrons. The zero-order valence-electron chi connectivity index (χ0n) is 7.11. The summed E-state index contributed by atoms with van der Waals surface area (Å²) in [6.45, 7) is 0. The first kappa shape index (κ1) is 9.58. The second-order valence-electron chi connectivity index (χ2n) is 3.33. The van der Waals surface area contributed by atoms with Crippen molar-refractivity contribution in [2.75, 3.05) is 0 Å². The lowest BCUT2D eigenvalue weighted by Crippen LogP contribution is -1.97. The number of hydrogen-bond donors (Lipinski definition) is 0. The number of hydrogen-bond acceptors (Lipinski definition) is 2. The molecule has 5 heteroatoms. The number of alkyl halides is 2. The number of nitrogens with zero attached hydrogens (tertiary/aromatic N) is 1. The van der Waals surface area contributed by atoms with Gasteiger partial charge in [-0.3, -0.25) is 10.1 Å². The maximum absolute atomic E-state index is 13.3. The van der Waals surface area contributed by atoms with E-state index in [1.165, 1.54) is 6.07 Å². The first-order valence-electron chi connectivity index (χ1n) is 4.13. The van der Waals surface area contributed by atoms with E-state index >= 15 is 0 Å².